The van der Waals surface area contributed by atoms with Crippen molar-refractivity contribution in [3.8, 4) is 0 Å². The van der Waals surface area contributed by atoms with E-state index in [2.05, 4.69) is 29.4 Å². The number of rotatable bonds is 4. The summed E-state index contributed by atoms with van der Waals surface area (Å²) >= 11 is 1.64. The molecule has 1 aromatic heterocycles. The second kappa shape index (κ2) is 6.28. The lowest BCUT2D eigenvalue weighted by Gasteiger charge is -2.12. The largest absolute Gasteiger partial charge is 0.326 e. The minimum absolute atomic E-state index is 0.0388. The monoisotopic (exact) mass is 310 g/mol. The number of thiazole rings is 1. The van der Waals surface area contributed by atoms with Crippen molar-refractivity contribution in [3.05, 3.63) is 59.1 Å². The fourth-order valence-corrected chi connectivity index (χ4v) is 3.37. The van der Waals surface area contributed by atoms with Crippen molar-refractivity contribution in [3.63, 3.8) is 0 Å². The number of fused-ring (bicyclic) bond motifs is 1. The molecule has 0 radical (unpaired) electrons. The minimum Gasteiger partial charge on any atom is -0.326 e. The molecule has 0 bridgehead atoms. The fourth-order valence-electron chi connectivity index (χ4n) is 2.51. The third-order valence-corrected chi connectivity index (χ3v) is 4.57. The number of amides is 1. The molecule has 1 heterocycles. The molecule has 1 atom stereocenters. The van der Waals surface area contributed by atoms with Gasteiger partial charge in [0.2, 0.25) is 5.91 Å². The molecule has 0 spiro atoms. The van der Waals surface area contributed by atoms with Crippen molar-refractivity contribution in [2.75, 3.05) is 5.32 Å². The van der Waals surface area contributed by atoms with Crippen LogP contribution in [0.2, 0.25) is 0 Å². The highest BCUT2D eigenvalue weighted by atomic mass is 32.1. The van der Waals surface area contributed by atoms with Crippen LogP contribution in [0.4, 0.5) is 5.69 Å². The average Bonchev–Trinajstić information content (AvgIpc) is 2.87. The summed E-state index contributed by atoms with van der Waals surface area (Å²) in [6.07, 6.45) is 0.476. The van der Waals surface area contributed by atoms with Gasteiger partial charge in [-0.2, -0.15) is 0 Å². The molecule has 0 aliphatic rings. The van der Waals surface area contributed by atoms with Gasteiger partial charge in [-0.15, -0.1) is 11.3 Å². The molecule has 3 nitrogen and oxygen atoms in total. The maximum absolute atomic E-state index is 12.2. The molecule has 0 aliphatic heterocycles. The van der Waals surface area contributed by atoms with E-state index in [1.807, 2.05) is 43.3 Å². The Morgan fingerprint density at radius 1 is 1.23 bits per heavy atom. The van der Waals surface area contributed by atoms with Gasteiger partial charge in [0, 0.05) is 12.1 Å². The Kier molecular flexibility index (Phi) is 4.20. The molecular formula is C18H18N2OS. The zero-order valence-electron chi connectivity index (χ0n) is 12.7. The van der Waals surface area contributed by atoms with Crippen molar-refractivity contribution in [1.82, 2.24) is 4.98 Å². The van der Waals surface area contributed by atoms with Crippen LogP contribution in [-0.2, 0) is 4.79 Å². The number of hydrogen-bond donors (Lipinski definition) is 1. The van der Waals surface area contributed by atoms with Crippen molar-refractivity contribution >= 4 is 33.1 Å². The number of aromatic nitrogens is 1. The van der Waals surface area contributed by atoms with E-state index < -0.39 is 0 Å². The van der Waals surface area contributed by atoms with Crippen LogP contribution in [-0.4, -0.2) is 10.9 Å². The highest BCUT2D eigenvalue weighted by molar-refractivity contribution is 7.18. The minimum atomic E-state index is 0.0388. The molecule has 0 fully saturated rings. The van der Waals surface area contributed by atoms with E-state index >= 15 is 0 Å². The summed E-state index contributed by atoms with van der Waals surface area (Å²) in [5, 5.41) is 4.02. The van der Waals surface area contributed by atoms with E-state index in [9.17, 15) is 4.79 Å². The molecular weight excluding hydrogens is 292 g/mol. The van der Waals surface area contributed by atoms with Gasteiger partial charge in [-0.05, 0) is 36.6 Å². The van der Waals surface area contributed by atoms with Crippen LogP contribution < -0.4 is 5.32 Å². The number of carbonyl (C=O) groups excluding carboxylic acids is 1. The molecule has 3 aromatic rings. The van der Waals surface area contributed by atoms with Gasteiger partial charge in [0.15, 0.2) is 0 Å². The van der Waals surface area contributed by atoms with Crippen molar-refractivity contribution in [2.45, 2.75) is 26.2 Å². The van der Waals surface area contributed by atoms with E-state index in [1.165, 1.54) is 5.56 Å². The summed E-state index contributed by atoms with van der Waals surface area (Å²) in [6, 6.07) is 16.0. The number of aryl methyl sites for hydroxylation is 1. The standard InChI is InChI=1S/C18H18N2OS/c1-12(14-6-4-3-5-7-14)10-18(21)20-15-8-9-16-17(11-15)22-13(2)19-16/h3-9,11-12H,10H2,1-2H3,(H,20,21)/t12-/m0/s1. The predicted octanol–water partition coefficient (Wildman–Crippen LogP) is 4.74. The molecule has 22 heavy (non-hydrogen) atoms. The number of hydrogen-bond acceptors (Lipinski definition) is 3. The Morgan fingerprint density at radius 3 is 2.77 bits per heavy atom. The first-order valence-corrected chi connectivity index (χ1v) is 8.15. The van der Waals surface area contributed by atoms with Gasteiger partial charge in [0.1, 0.15) is 0 Å². The topological polar surface area (TPSA) is 42.0 Å². The molecule has 1 amide bonds. The van der Waals surface area contributed by atoms with Gasteiger partial charge in [0.25, 0.3) is 0 Å². The van der Waals surface area contributed by atoms with Gasteiger partial charge >= 0.3 is 0 Å². The van der Waals surface area contributed by atoms with Gasteiger partial charge in [-0.25, -0.2) is 4.98 Å². The maximum atomic E-state index is 12.2. The van der Waals surface area contributed by atoms with Gasteiger partial charge in [-0.1, -0.05) is 37.3 Å². The zero-order valence-corrected chi connectivity index (χ0v) is 13.5. The Morgan fingerprint density at radius 2 is 2.00 bits per heavy atom. The lowest BCUT2D eigenvalue weighted by molar-refractivity contribution is -0.116. The van der Waals surface area contributed by atoms with Gasteiger partial charge in [0.05, 0.1) is 15.2 Å². The second-order valence-corrected chi connectivity index (χ2v) is 6.71. The average molecular weight is 310 g/mol. The normalized spacial score (nSPS) is 12.3. The molecule has 0 saturated carbocycles. The quantitative estimate of drug-likeness (QED) is 0.756. The molecule has 2 aromatic carbocycles. The zero-order chi connectivity index (χ0) is 15.5. The summed E-state index contributed by atoms with van der Waals surface area (Å²) in [5.74, 6) is 0.243. The number of benzene rings is 2. The lowest BCUT2D eigenvalue weighted by Crippen LogP contribution is -2.14. The van der Waals surface area contributed by atoms with Crippen LogP contribution in [0.15, 0.2) is 48.5 Å². The Balaban J connectivity index is 1.67. The first-order chi connectivity index (χ1) is 10.6. The predicted molar refractivity (Wildman–Crippen MR) is 92.5 cm³/mol. The highest BCUT2D eigenvalue weighted by Gasteiger charge is 2.11. The number of nitrogens with one attached hydrogen (secondary N) is 1. The third-order valence-electron chi connectivity index (χ3n) is 3.64. The summed E-state index contributed by atoms with van der Waals surface area (Å²) in [4.78, 5) is 16.6. The summed E-state index contributed by atoms with van der Waals surface area (Å²) in [7, 11) is 0. The molecule has 0 aliphatic carbocycles. The Labute approximate surface area is 134 Å². The molecule has 4 heteroatoms. The Bertz CT molecular complexity index is 795. The van der Waals surface area contributed by atoms with Gasteiger partial charge in [-0.3, -0.25) is 4.79 Å². The maximum Gasteiger partial charge on any atom is 0.224 e. The molecule has 112 valence electrons. The third kappa shape index (κ3) is 3.34. The number of carbonyl (C=O) groups is 1. The molecule has 0 saturated heterocycles. The molecule has 1 N–H and O–H groups in total. The van der Waals surface area contributed by atoms with Gasteiger partial charge < -0.3 is 5.32 Å². The SMILES string of the molecule is Cc1nc2ccc(NC(=O)C[C@H](C)c3ccccc3)cc2s1. The van der Waals surface area contributed by atoms with Crippen molar-refractivity contribution in [1.29, 1.82) is 0 Å². The van der Waals surface area contributed by atoms with E-state index in [1.54, 1.807) is 11.3 Å². The molecule has 3 rings (SSSR count). The van der Waals surface area contributed by atoms with E-state index in [4.69, 9.17) is 0 Å². The highest BCUT2D eigenvalue weighted by Crippen LogP contribution is 2.25. The van der Waals surface area contributed by atoms with Crippen LogP contribution in [0.5, 0.6) is 0 Å². The van der Waals surface area contributed by atoms with E-state index in [0.29, 0.717) is 6.42 Å². The smallest absolute Gasteiger partial charge is 0.224 e. The van der Waals surface area contributed by atoms with E-state index in [-0.39, 0.29) is 11.8 Å². The van der Waals surface area contributed by atoms with Crippen molar-refractivity contribution in [2.24, 2.45) is 0 Å². The summed E-state index contributed by atoms with van der Waals surface area (Å²) in [6.45, 7) is 4.06. The molecule has 0 unspecified atom stereocenters. The summed E-state index contributed by atoms with van der Waals surface area (Å²) < 4.78 is 1.10. The van der Waals surface area contributed by atoms with Crippen LogP contribution in [0.25, 0.3) is 10.2 Å². The first-order valence-electron chi connectivity index (χ1n) is 7.34. The number of nitrogens with zero attached hydrogens (tertiary/aromatic N) is 1. The summed E-state index contributed by atoms with van der Waals surface area (Å²) in [5.41, 5.74) is 3.01. The van der Waals surface area contributed by atoms with Crippen LogP contribution >= 0.6 is 11.3 Å². The van der Waals surface area contributed by atoms with Crippen molar-refractivity contribution < 1.29 is 4.79 Å². The van der Waals surface area contributed by atoms with Crippen LogP contribution in [0.3, 0.4) is 0 Å². The van der Waals surface area contributed by atoms with E-state index in [0.717, 1.165) is 20.9 Å². The fraction of sp³-hybridized carbons (Fsp3) is 0.222. The lowest BCUT2D eigenvalue weighted by atomic mass is 9.97. The second-order valence-electron chi connectivity index (χ2n) is 5.48. The van der Waals surface area contributed by atoms with Crippen LogP contribution in [0, 0.1) is 6.92 Å². The van der Waals surface area contributed by atoms with Crippen LogP contribution in [0.1, 0.15) is 29.8 Å². The number of anilines is 1. The first kappa shape index (κ1) is 14.7. The Hall–Kier alpha value is -2.20.